The lowest BCUT2D eigenvalue weighted by atomic mass is 9.86. The second-order valence-electron chi connectivity index (χ2n) is 4.46. The molecule has 0 heterocycles. The molecule has 18 heavy (non-hydrogen) atoms. The van der Waals surface area contributed by atoms with Crippen molar-refractivity contribution < 1.29 is 10.0 Å². The second kappa shape index (κ2) is 5.63. The van der Waals surface area contributed by atoms with Crippen LogP contribution in [0, 0.1) is 16.0 Å². The summed E-state index contributed by atoms with van der Waals surface area (Å²) in [6.07, 6.45) is 6.23. The summed E-state index contributed by atoms with van der Waals surface area (Å²) in [6.45, 7) is 0. The minimum atomic E-state index is -0.637. The number of nitrogens with zero attached hydrogens (tertiary/aromatic N) is 1. The highest BCUT2D eigenvalue weighted by molar-refractivity contribution is 9.10. The number of nitro benzene ring substituents is 1. The van der Waals surface area contributed by atoms with E-state index in [1.54, 1.807) is 12.1 Å². The average molecular weight is 312 g/mol. The Labute approximate surface area is 114 Å². The molecule has 1 aromatic rings. The van der Waals surface area contributed by atoms with Crippen molar-refractivity contribution in [3.8, 4) is 0 Å². The van der Waals surface area contributed by atoms with Crippen molar-refractivity contribution in [2.24, 2.45) is 5.92 Å². The van der Waals surface area contributed by atoms with Gasteiger partial charge in [0.1, 0.15) is 0 Å². The molecule has 2 atom stereocenters. The Morgan fingerprint density at radius 1 is 1.44 bits per heavy atom. The Kier molecular flexibility index (Phi) is 4.14. The van der Waals surface area contributed by atoms with E-state index in [0.717, 1.165) is 19.3 Å². The molecule has 2 rings (SSSR count). The van der Waals surface area contributed by atoms with Gasteiger partial charge in [0.25, 0.3) is 5.69 Å². The highest BCUT2D eigenvalue weighted by Crippen LogP contribution is 2.35. The lowest BCUT2D eigenvalue weighted by Gasteiger charge is -2.24. The van der Waals surface area contributed by atoms with Gasteiger partial charge < -0.3 is 5.11 Å². The second-order valence-corrected chi connectivity index (χ2v) is 5.31. The maximum Gasteiger partial charge on any atom is 0.283 e. The van der Waals surface area contributed by atoms with E-state index in [4.69, 9.17) is 0 Å². The van der Waals surface area contributed by atoms with Crippen molar-refractivity contribution in [1.82, 2.24) is 0 Å². The predicted molar refractivity (Wildman–Crippen MR) is 72.2 cm³/mol. The minimum Gasteiger partial charge on any atom is -0.388 e. The van der Waals surface area contributed by atoms with Gasteiger partial charge in [-0.3, -0.25) is 10.1 Å². The standard InChI is InChI=1S/C13H14BrNO3/c14-11-7-6-10(8-12(11)15(17)18)13(16)9-4-2-1-3-5-9/h1-2,6-9,13,16H,3-5H2/t9-,13-/m1/s1. The molecule has 0 radical (unpaired) electrons. The highest BCUT2D eigenvalue weighted by atomic mass is 79.9. The number of rotatable bonds is 3. The predicted octanol–water partition coefficient (Wildman–Crippen LogP) is 3.75. The van der Waals surface area contributed by atoms with Gasteiger partial charge in [0.05, 0.1) is 15.5 Å². The quantitative estimate of drug-likeness (QED) is 0.525. The Balaban J connectivity index is 2.24. The average Bonchev–Trinajstić information content (AvgIpc) is 2.39. The van der Waals surface area contributed by atoms with E-state index in [1.165, 1.54) is 6.07 Å². The maximum absolute atomic E-state index is 10.9. The molecule has 0 amide bonds. The third-order valence-electron chi connectivity index (χ3n) is 3.26. The van der Waals surface area contributed by atoms with E-state index in [-0.39, 0.29) is 11.6 Å². The Bertz CT molecular complexity index is 487. The van der Waals surface area contributed by atoms with E-state index in [0.29, 0.717) is 10.0 Å². The number of allylic oxidation sites excluding steroid dienone is 2. The van der Waals surface area contributed by atoms with Crippen molar-refractivity contribution in [2.45, 2.75) is 25.4 Å². The minimum absolute atomic E-state index is 0.00194. The normalized spacial score (nSPS) is 20.7. The SMILES string of the molecule is O=[N+]([O-])c1cc([C@H](O)[C@@H]2CC=CCC2)ccc1Br. The van der Waals surface area contributed by atoms with E-state index in [9.17, 15) is 15.2 Å². The zero-order chi connectivity index (χ0) is 13.1. The van der Waals surface area contributed by atoms with Crippen LogP contribution in [0.25, 0.3) is 0 Å². The molecule has 0 aliphatic heterocycles. The van der Waals surface area contributed by atoms with Gasteiger partial charge in [-0.2, -0.15) is 0 Å². The third-order valence-corrected chi connectivity index (χ3v) is 3.94. The summed E-state index contributed by atoms with van der Waals surface area (Å²) in [5.41, 5.74) is 0.614. The van der Waals surface area contributed by atoms with Gasteiger partial charge in [0.15, 0.2) is 0 Å². The van der Waals surface area contributed by atoms with E-state index in [2.05, 4.69) is 28.1 Å². The molecule has 0 saturated heterocycles. The largest absolute Gasteiger partial charge is 0.388 e. The molecule has 0 aromatic heterocycles. The van der Waals surface area contributed by atoms with Crippen molar-refractivity contribution >= 4 is 21.6 Å². The van der Waals surface area contributed by atoms with Crippen molar-refractivity contribution in [3.63, 3.8) is 0 Å². The summed E-state index contributed by atoms with van der Waals surface area (Å²) in [4.78, 5) is 10.4. The summed E-state index contributed by atoms with van der Waals surface area (Å²) >= 11 is 3.14. The molecule has 5 heteroatoms. The van der Waals surface area contributed by atoms with E-state index in [1.807, 2.05) is 0 Å². The number of hydrogen-bond donors (Lipinski definition) is 1. The van der Waals surface area contributed by atoms with Gasteiger partial charge in [-0.05, 0) is 52.7 Å². The van der Waals surface area contributed by atoms with Crippen LogP contribution in [0.5, 0.6) is 0 Å². The fraction of sp³-hybridized carbons (Fsp3) is 0.385. The topological polar surface area (TPSA) is 63.4 Å². The third kappa shape index (κ3) is 2.79. The van der Waals surface area contributed by atoms with Crippen LogP contribution < -0.4 is 0 Å². The number of hydrogen-bond acceptors (Lipinski definition) is 3. The van der Waals surface area contributed by atoms with E-state index >= 15 is 0 Å². The molecule has 0 fully saturated rings. The van der Waals surface area contributed by atoms with Crippen LogP contribution in [0.2, 0.25) is 0 Å². The molecule has 1 aromatic carbocycles. The molecule has 1 N–H and O–H groups in total. The number of halogens is 1. The number of nitro groups is 1. The molecule has 0 unspecified atom stereocenters. The fourth-order valence-electron chi connectivity index (χ4n) is 2.23. The Morgan fingerprint density at radius 2 is 2.22 bits per heavy atom. The molecular formula is C13H14BrNO3. The van der Waals surface area contributed by atoms with Crippen LogP contribution in [0.1, 0.15) is 30.9 Å². The first-order valence-corrected chi connectivity index (χ1v) is 6.66. The zero-order valence-electron chi connectivity index (χ0n) is 9.75. The van der Waals surface area contributed by atoms with E-state index < -0.39 is 11.0 Å². The monoisotopic (exact) mass is 311 g/mol. The van der Waals surface area contributed by atoms with Crippen LogP contribution in [-0.2, 0) is 0 Å². The van der Waals surface area contributed by atoms with Crippen LogP contribution in [0.4, 0.5) is 5.69 Å². The van der Waals surface area contributed by atoms with Crippen molar-refractivity contribution in [3.05, 3.63) is 50.5 Å². The molecule has 4 nitrogen and oxygen atoms in total. The van der Waals surface area contributed by atoms with Gasteiger partial charge in [0.2, 0.25) is 0 Å². The van der Waals surface area contributed by atoms with Crippen LogP contribution in [-0.4, -0.2) is 10.0 Å². The fourth-order valence-corrected chi connectivity index (χ4v) is 2.62. The molecule has 0 saturated carbocycles. The first kappa shape index (κ1) is 13.2. The molecular weight excluding hydrogens is 298 g/mol. The molecule has 0 spiro atoms. The number of aliphatic hydroxyl groups excluding tert-OH is 1. The van der Waals surface area contributed by atoms with Gasteiger partial charge in [-0.25, -0.2) is 0 Å². The smallest absolute Gasteiger partial charge is 0.283 e. The van der Waals surface area contributed by atoms with Gasteiger partial charge >= 0.3 is 0 Å². The van der Waals surface area contributed by atoms with Crippen molar-refractivity contribution in [2.75, 3.05) is 0 Å². The van der Waals surface area contributed by atoms with Gasteiger partial charge in [0, 0.05) is 6.07 Å². The number of benzene rings is 1. The summed E-state index contributed by atoms with van der Waals surface area (Å²) in [5.74, 6) is 0.149. The van der Waals surface area contributed by atoms with Gasteiger partial charge in [-0.15, -0.1) is 0 Å². The molecule has 1 aliphatic rings. The first-order valence-electron chi connectivity index (χ1n) is 5.86. The number of aliphatic hydroxyl groups is 1. The lowest BCUT2D eigenvalue weighted by molar-refractivity contribution is -0.385. The lowest BCUT2D eigenvalue weighted by Crippen LogP contribution is -2.14. The molecule has 0 bridgehead atoms. The highest BCUT2D eigenvalue weighted by Gasteiger charge is 2.23. The van der Waals surface area contributed by atoms with Crippen LogP contribution in [0.3, 0.4) is 0 Å². The van der Waals surface area contributed by atoms with Gasteiger partial charge in [-0.1, -0.05) is 18.2 Å². The maximum atomic E-state index is 10.9. The molecule has 1 aliphatic carbocycles. The zero-order valence-corrected chi connectivity index (χ0v) is 11.3. The summed E-state index contributed by atoms with van der Waals surface area (Å²) in [6, 6.07) is 4.81. The summed E-state index contributed by atoms with van der Waals surface area (Å²) in [7, 11) is 0. The molecule has 96 valence electrons. The Morgan fingerprint density at radius 3 is 2.83 bits per heavy atom. The van der Waals surface area contributed by atoms with Crippen molar-refractivity contribution in [1.29, 1.82) is 0 Å². The Hall–Kier alpha value is -1.20. The summed E-state index contributed by atoms with van der Waals surface area (Å²) < 4.78 is 0.437. The first-order chi connectivity index (χ1) is 8.59. The van der Waals surface area contributed by atoms with Crippen LogP contribution >= 0.6 is 15.9 Å². The van der Waals surface area contributed by atoms with Crippen LogP contribution in [0.15, 0.2) is 34.8 Å². The summed E-state index contributed by atoms with van der Waals surface area (Å²) in [5, 5.41) is 21.1.